The van der Waals surface area contributed by atoms with Gasteiger partial charge in [-0.2, -0.15) is 5.10 Å². The second-order valence-corrected chi connectivity index (χ2v) is 5.36. The molecule has 0 fully saturated rings. The van der Waals surface area contributed by atoms with Crippen LogP contribution in [-0.4, -0.2) is 17.0 Å². The lowest BCUT2D eigenvalue weighted by Crippen LogP contribution is -2.19. The van der Waals surface area contributed by atoms with E-state index in [0.29, 0.717) is 5.56 Å². The number of hydrogen-bond acceptors (Lipinski definition) is 4. The van der Waals surface area contributed by atoms with Crippen molar-refractivity contribution >= 4 is 33.7 Å². The number of nitro benzene ring substituents is 1. The summed E-state index contributed by atoms with van der Waals surface area (Å²) in [5, 5.41) is 14.4. The lowest BCUT2D eigenvalue weighted by molar-refractivity contribution is -0.384. The molecule has 1 N–H and O–H groups in total. The number of halogens is 1. The Balaban J connectivity index is 1.87. The van der Waals surface area contributed by atoms with Crippen LogP contribution in [0.25, 0.3) is 0 Å². The van der Waals surface area contributed by atoms with E-state index in [0.717, 1.165) is 10.0 Å². The van der Waals surface area contributed by atoms with Gasteiger partial charge in [0, 0.05) is 16.6 Å². The zero-order valence-corrected chi connectivity index (χ0v) is 13.0. The molecular weight excluding hydrogens is 350 g/mol. The molecule has 6 nitrogen and oxygen atoms in total. The molecule has 0 heterocycles. The molecule has 0 saturated heterocycles. The number of nitrogens with zero attached hydrogens (tertiary/aromatic N) is 2. The second-order valence-electron chi connectivity index (χ2n) is 4.45. The molecule has 0 saturated carbocycles. The van der Waals surface area contributed by atoms with Crippen molar-refractivity contribution in [1.29, 1.82) is 0 Å². The number of hydrogen-bond donors (Lipinski definition) is 1. The zero-order valence-electron chi connectivity index (χ0n) is 11.4. The van der Waals surface area contributed by atoms with Gasteiger partial charge in [0.15, 0.2) is 0 Å². The first-order chi connectivity index (χ1) is 10.5. The summed E-state index contributed by atoms with van der Waals surface area (Å²) in [5.74, 6) is -0.290. The summed E-state index contributed by atoms with van der Waals surface area (Å²) in [6.07, 6.45) is 1.65. The Morgan fingerprint density at radius 3 is 2.41 bits per heavy atom. The number of rotatable bonds is 5. The number of amides is 1. The first kappa shape index (κ1) is 15.8. The summed E-state index contributed by atoms with van der Waals surface area (Å²) in [4.78, 5) is 21.8. The van der Waals surface area contributed by atoms with Gasteiger partial charge in [-0.15, -0.1) is 0 Å². The minimum atomic E-state index is -0.480. The van der Waals surface area contributed by atoms with Crippen LogP contribution in [0.1, 0.15) is 11.1 Å². The Morgan fingerprint density at radius 2 is 1.82 bits per heavy atom. The van der Waals surface area contributed by atoms with Crippen molar-refractivity contribution in [3.05, 3.63) is 74.2 Å². The van der Waals surface area contributed by atoms with E-state index in [1.54, 1.807) is 18.3 Å². The largest absolute Gasteiger partial charge is 0.273 e. The Labute approximate surface area is 135 Å². The topological polar surface area (TPSA) is 84.6 Å². The molecule has 0 unspecified atom stereocenters. The predicted octanol–water partition coefficient (Wildman–Crippen LogP) is 3.05. The molecule has 0 radical (unpaired) electrons. The van der Waals surface area contributed by atoms with Gasteiger partial charge in [-0.05, 0) is 23.3 Å². The molecule has 0 aliphatic heterocycles. The summed E-state index contributed by atoms with van der Waals surface area (Å²) in [6, 6.07) is 13.3. The minimum absolute atomic E-state index is 0.00239. The van der Waals surface area contributed by atoms with E-state index in [4.69, 9.17) is 0 Å². The summed E-state index contributed by atoms with van der Waals surface area (Å²) in [5.41, 5.74) is 3.96. The Hall–Kier alpha value is -2.54. The summed E-state index contributed by atoms with van der Waals surface area (Å²) in [7, 11) is 0. The van der Waals surface area contributed by atoms with Gasteiger partial charge in [-0.3, -0.25) is 14.9 Å². The summed E-state index contributed by atoms with van der Waals surface area (Å²) >= 11 is 3.33. The molecule has 0 aliphatic carbocycles. The highest BCUT2D eigenvalue weighted by Crippen LogP contribution is 2.12. The van der Waals surface area contributed by atoms with Gasteiger partial charge in [-0.25, -0.2) is 5.43 Å². The van der Waals surface area contributed by atoms with Crippen LogP contribution in [-0.2, 0) is 11.2 Å². The minimum Gasteiger partial charge on any atom is -0.273 e. The van der Waals surface area contributed by atoms with Crippen LogP contribution >= 0.6 is 15.9 Å². The van der Waals surface area contributed by atoms with E-state index < -0.39 is 4.92 Å². The highest BCUT2D eigenvalue weighted by molar-refractivity contribution is 9.10. The highest BCUT2D eigenvalue weighted by atomic mass is 79.9. The first-order valence-electron chi connectivity index (χ1n) is 6.35. The van der Waals surface area contributed by atoms with Gasteiger partial charge in [0.25, 0.3) is 5.69 Å². The standard InChI is InChI=1S/C15H12BrN3O3/c16-13-5-1-12(2-6-13)10-17-18-15(20)9-11-3-7-14(8-4-11)19(21)22/h1-8,10H,9H2,(H,18,20)/b17-10-. The fourth-order valence-electron chi connectivity index (χ4n) is 1.69. The van der Waals surface area contributed by atoms with Crippen molar-refractivity contribution in [2.75, 3.05) is 0 Å². The normalized spacial score (nSPS) is 10.6. The third-order valence-electron chi connectivity index (χ3n) is 2.78. The van der Waals surface area contributed by atoms with Crippen molar-refractivity contribution in [3.63, 3.8) is 0 Å². The SMILES string of the molecule is O=C(Cc1ccc([N+](=O)[O-])cc1)N/N=C\c1ccc(Br)cc1. The van der Waals surface area contributed by atoms with Gasteiger partial charge in [-0.1, -0.05) is 40.2 Å². The number of non-ortho nitro benzene ring substituents is 1. The van der Waals surface area contributed by atoms with Crippen LogP contribution in [0.5, 0.6) is 0 Å². The van der Waals surface area contributed by atoms with Crippen molar-refractivity contribution in [2.24, 2.45) is 5.10 Å². The molecule has 7 heteroatoms. The van der Waals surface area contributed by atoms with Gasteiger partial charge in [0.05, 0.1) is 17.6 Å². The maximum absolute atomic E-state index is 11.7. The zero-order chi connectivity index (χ0) is 15.9. The van der Waals surface area contributed by atoms with E-state index in [1.807, 2.05) is 24.3 Å². The molecule has 0 bridgehead atoms. The molecule has 22 heavy (non-hydrogen) atoms. The Morgan fingerprint density at radius 1 is 1.18 bits per heavy atom. The third kappa shape index (κ3) is 4.78. The van der Waals surface area contributed by atoms with Crippen LogP contribution in [0.4, 0.5) is 5.69 Å². The molecule has 0 aliphatic rings. The van der Waals surface area contributed by atoms with Crippen LogP contribution in [0, 0.1) is 10.1 Å². The van der Waals surface area contributed by atoms with E-state index in [1.165, 1.54) is 12.1 Å². The molecule has 112 valence electrons. The number of nitrogens with one attached hydrogen (secondary N) is 1. The Bertz CT molecular complexity index is 697. The van der Waals surface area contributed by atoms with Gasteiger partial charge in [0.1, 0.15) is 0 Å². The number of hydrazone groups is 1. The van der Waals surface area contributed by atoms with Crippen molar-refractivity contribution in [3.8, 4) is 0 Å². The smallest absolute Gasteiger partial charge is 0.269 e. The number of carbonyl (C=O) groups is 1. The van der Waals surface area contributed by atoms with Gasteiger partial charge < -0.3 is 0 Å². The molecular formula is C15H12BrN3O3. The molecule has 2 aromatic carbocycles. The Kier molecular flexibility index (Phi) is 5.37. The molecule has 0 atom stereocenters. The molecule has 1 amide bonds. The van der Waals surface area contributed by atoms with Crippen molar-refractivity contribution < 1.29 is 9.72 Å². The van der Waals surface area contributed by atoms with E-state index >= 15 is 0 Å². The van der Waals surface area contributed by atoms with Crippen LogP contribution < -0.4 is 5.43 Å². The average molecular weight is 362 g/mol. The fourth-order valence-corrected chi connectivity index (χ4v) is 1.95. The molecule has 2 rings (SSSR count). The fraction of sp³-hybridized carbons (Fsp3) is 0.0667. The number of benzene rings is 2. The van der Waals surface area contributed by atoms with Crippen molar-refractivity contribution in [2.45, 2.75) is 6.42 Å². The van der Waals surface area contributed by atoms with Crippen molar-refractivity contribution in [1.82, 2.24) is 5.43 Å². The van der Waals surface area contributed by atoms with Gasteiger partial charge >= 0.3 is 0 Å². The number of carbonyl (C=O) groups excluding carboxylic acids is 1. The van der Waals surface area contributed by atoms with Gasteiger partial charge in [0.2, 0.25) is 5.91 Å². The predicted molar refractivity (Wildman–Crippen MR) is 86.7 cm³/mol. The number of nitro groups is 1. The maximum atomic E-state index is 11.7. The quantitative estimate of drug-likeness (QED) is 0.504. The summed E-state index contributed by atoms with van der Waals surface area (Å²) < 4.78 is 0.965. The lowest BCUT2D eigenvalue weighted by atomic mass is 10.1. The van der Waals surface area contributed by atoms with E-state index in [2.05, 4.69) is 26.5 Å². The molecule has 0 aromatic heterocycles. The third-order valence-corrected chi connectivity index (χ3v) is 3.31. The summed E-state index contributed by atoms with van der Waals surface area (Å²) in [6.45, 7) is 0. The highest BCUT2D eigenvalue weighted by Gasteiger charge is 2.06. The van der Waals surface area contributed by atoms with E-state index in [9.17, 15) is 14.9 Å². The van der Waals surface area contributed by atoms with Crippen LogP contribution in [0.15, 0.2) is 58.1 Å². The first-order valence-corrected chi connectivity index (χ1v) is 7.15. The molecule has 2 aromatic rings. The van der Waals surface area contributed by atoms with Crippen LogP contribution in [0.2, 0.25) is 0 Å². The maximum Gasteiger partial charge on any atom is 0.269 e. The average Bonchev–Trinajstić information content (AvgIpc) is 2.50. The lowest BCUT2D eigenvalue weighted by Gasteiger charge is -2.00. The monoisotopic (exact) mass is 361 g/mol. The molecule has 0 spiro atoms. The van der Waals surface area contributed by atoms with E-state index in [-0.39, 0.29) is 18.0 Å². The second kappa shape index (κ2) is 7.46. The van der Waals surface area contributed by atoms with Crippen LogP contribution in [0.3, 0.4) is 0 Å².